The van der Waals surface area contributed by atoms with Gasteiger partial charge in [0.1, 0.15) is 18.3 Å². The van der Waals surface area contributed by atoms with Gasteiger partial charge in [-0.25, -0.2) is 4.79 Å². The second-order valence-electron chi connectivity index (χ2n) is 11.4. The number of esters is 4. The maximum atomic E-state index is 13.0. The van der Waals surface area contributed by atoms with Crippen molar-refractivity contribution >= 4 is 23.9 Å². The first-order valence-corrected chi connectivity index (χ1v) is 12.5. The number of allylic oxidation sites excluding steroid dienone is 1. The molecule has 3 saturated heterocycles. The minimum Gasteiger partial charge on any atom is -0.462 e. The first-order chi connectivity index (χ1) is 16.7. The molecular formula is C26H34O10. The van der Waals surface area contributed by atoms with Crippen LogP contribution in [-0.4, -0.2) is 71.2 Å². The van der Waals surface area contributed by atoms with Crippen molar-refractivity contribution < 1.29 is 47.6 Å². The maximum absolute atomic E-state index is 13.0. The summed E-state index contributed by atoms with van der Waals surface area (Å²) in [7, 11) is 0. The minimum atomic E-state index is -1.33. The maximum Gasteiger partial charge on any atom is 0.342 e. The number of hydrogen-bond acceptors (Lipinski definition) is 10. The molecule has 1 saturated carbocycles. The zero-order valence-corrected chi connectivity index (χ0v) is 21.7. The standard InChI is InChI=1S/C26H34O10/c1-12-8-9-16(31-13(2)27)23(5)17(32-14(3)28)11-18-24(6,35-18)20(23)21(33-15(4)29)26-19(10-12)34-22(30)25(26,7)36-26/h10,16-21H,8-9,11H2,1-7H3/t16-,17-,18-,19-,20+,21-,23-,24-,25-,26+/m0/s1. The van der Waals surface area contributed by atoms with Crippen LogP contribution in [0, 0.1) is 11.3 Å². The van der Waals surface area contributed by atoms with Gasteiger partial charge in [-0.15, -0.1) is 0 Å². The summed E-state index contributed by atoms with van der Waals surface area (Å²) in [6.07, 6.45) is -0.313. The molecular weight excluding hydrogens is 472 g/mol. The third kappa shape index (κ3) is 3.29. The van der Waals surface area contributed by atoms with Gasteiger partial charge in [-0.05, 0) is 39.7 Å². The van der Waals surface area contributed by atoms with Crippen LogP contribution in [-0.2, 0) is 47.6 Å². The molecule has 10 nitrogen and oxygen atoms in total. The largest absolute Gasteiger partial charge is 0.462 e. The summed E-state index contributed by atoms with van der Waals surface area (Å²) in [5.41, 5.74) is -3.59. The summed E-state index contributed by atoms with van der Waals surface area (Å²) in [5, 5.41) is 0. The van der Waals surface area contributed by atoms with E-state index >= 15 is 0 Å². The fourth-order valence-corrected chi connectivity index (χ4v) is 7.29. The summed E-state index contributed by atoms with van der Waals surface area (Å²) in [6, 6.07) is 0. The molecule has 0 aromatic carbocycles. The highest BCUT2D eigenvalue weighted by Gasteiger charge is 2.89. The van der Waals surface area contributed by atoms with Crippen molar-refractivity contribution in [2.75, 3.05) is 0 Å². The van der Waals surface area contributed by atoms with E-state index in [1.54, 1.807) is 6.92 Å². The van der Waals surface area contributed by atoms with Crippen LogP contribution < -0.4 is 0 Å². The SMILES string of the molecule is CC(=O)O[C@H]1CCC(C)=C[C@@H]2OC(=O)[C@]3(C)O[C@@]23[C@@H](OC(C)=O)[C@H]2[C@@]3(C)O[C@H]3C[C@H](OC(C)=O)[C@]12C. The van der Waals surface area contributed by atoms with Crippen molar-refractivity contribution in [3.8, 4) is 0 Å². The molecule has 0 N–H and O–H groups in total. The molecule has 4 fully saturated rings. The summed E-state index contributed by atoms with van der Waals surface area (Å²) in [4.78, 5) is 50.1. The molecule has 3 aliphatic heterocycles. The predicted molar refractivity (Wildman–Crippen MR) is 121 cm³/mol. The monoisotopic (exact) mass is 506 g/mol. The molecule has 5 rings (SSSR count). The van der Waals surface area contributed by atoms with Crippen LogP contribution in [0.3, 0.4) is 0 Å². The molecule has 0 unspecified atom stereocenters. The van der Waals surface area contributed by atoms with E-state index in [4.69, 9.17) is 28.4 Å². The van der Waals surface area contributed by atoms with Gasteiger partial charge in [0.2, 0.25) is 0 Å². The molecule has 0 bridgehead atoms. The zero-order chi connectivity index (χ0) is 26.4. The van der Waals surface area contributed by atoms with E-state index in [1.807, 2.05) is 26.8 Å². The predicted octanol–water partition coefficient (Wildman–Crippen LogP) is 2.16. The van der Waals surface area contributed by atoms with E-state index in [9.17, 15) is 19.2 Å². The van der Waals surface area contributed by atoms with Gasteiger partial charge in [0.15, 0.2) is 17.3 Å². The average Bonchev–Trinajstić information content (AvgIpc) is 3.58. The Morgan fingerprint density at radius 2 is 1.58 bits per heavy atom. The molecule has 1 spiro atoms. The third-order valence-corrected chi connectivity index (χ3v) is 9.08. The summed E-state index contributed by atoms with van der Waals surface area (Å²) >= 11 is 0. The first-order valence-electron chi connectivity index (χ1n) is 12.5. The molecule has 36 heavy (non-hydrogen) atoms. The molecule has 10 heteroatoms. The highest BCUT2D eigenvalue weighted by atomic mass is 16.7. The topological polar surface area (TPSA) is 130 Å². The molecule has 3 heterocycles. The number of fused-ring (bicyclic) bond motifs is 3. The Kier molecular flexibility index (Phi) is 5.44. The van der Waals surface area contributed by atoms with Crippen LogP contribution in [0.25, 0.3) is 0 Å². The van der Waals surface area contributed by atoms with Gasteiger partial charge in [-0.3, -0.25) is 14.4 Å². The van der Waals surface area contributed by atoms with Gasteiger partial charge in [0.05, 0.1) is 17.1 Å². The van der Waals surface area contributed by atoms with Crippen molar-refractivity contribution in [2.24, 2.45) is 11.3 Å². The summed E-state index contributed by atoms with van der Waals surface area (Å²) < 4.78 is 36.0. The van der Waals surface area contributed by atoms with Crippen molar-refractivity contribution in [1.82, 2.24) is 0 Å². The zero-order valence-electron chi connectivity index (χ0n) is 21.7. The molecule has 0 aromatic rings. The highest BCUT2D eigenvalue weighted by molar-refractivity contribution is 5.89. The van der Waals surface area contributed by atoms with Crippen molar-refractivity contribution in [3.63, 3.8) is 0 Å². The van der Waals surface area contributed by atoms with Gasteiger partial charge in [0, 0.05) is 33.1 Å². The van der Waals surface area contributed by atoms with Gasteiger partial charge in [-0.2, -0.15) is 0 Å². The van der Waals surface area contributed by atoms with E-state index in [0.29, 0.717) is 19.3 Å². The van der Waals surface area contributed by atoms with Crippen LogP contribution >= 0.6 is 0 Å². The van der Waals surface area contributed by atoms with Gasteiger partial charge < -0.3 is 28.4 Å². The fraction of sp³-hybridized carbons (Fsp3) is 0.769. The van der Waals surface area contributed by atoms with Crippen molar-refractivity contribution in [1.29, 1.82) is 0 Å². The smallest absolute Gasteiger partial charge is 0.342 e. The first kappa shape index (κ1) is 25.2. The minimum absolute atomic E-state index is 0.283. The number of carbonyl (C=O) groups excluding carboxylic acids is 4. The van der Waals surface area contributed by atoms with E-state index in [1.165, 1.54) is 20.8 Å². The molecule has 0 aromatic heterocycles. The average molecular weight is 507 g/mol. The van der Waals surface area contributed by atoms with Crippen LogP contribution in [0.15, 0.2) is 11.6 Å². The number of hydrogen-bond donors (Lipinski definition) is 0. The molecule has 2 aliphatic carbocycles. The molecule has 0 amide bonds. The molecule has 10 atom stereocenters. The van der Waals surface area contributed by atoms with Crippen LogP contribution in [0.2, 0.25) is 0 Å². The number of carbonyl (C=O) groups is 4. The Morgan fingerprint density at radius 3 is 2.17 bits per heavy atom. The van der Waals surface area contributed by atoms with E-state index in [0.717, 1.165) is 5.57 Å². The lowest BCUT2D eigenvalue weighted by Gasteiger charge is -2.54. The quantitative estimate of drug-likeness (QED) is 0.243. The Balaban J connectivity index is 1.75. The lowest BCUT2D eigenvalue weighted by Crippen LogP contribution is -2.66. The molecule has 198 valence electrons. The Morgan fingerprint density at radius 1 is 0.972 bits per heavy atom. The lowest BCUT2D eigenvalue weighted by atomic mass is 9.53. The summed E-state index contributed by atoms with van der Waals surface area (Å²) in [5.74, 6) is -2.71. The third-order valence-electron chi connectivity index (χ3n) is 9.08. The van der Waals surface area contributed by atoms with Crippen LogP contribution in [0.1, 0.15) is 67.7 Å². The van der Waals surface area contributed by atoms with Crippen LogP contribution in [0.4, 0.5) is 0 Å². The second kappa shape index (κ2) is 7.77. The van der Waals surface area contributed by atoms with Crippen molar-refractivity contribution in [3.05, 3.63) is 11.6 Å². The van der Waals surface area contributed by atoms with Gasteiger partial charge >= 0.3 is 23.9 Å². The van der Waals surface area contributed by atoms with E-state index in [-0.39, 0.29) is 6.10 Å². The summed E-state index contributed by atoms with van der Waals surface area (Å²) in [6.45, 7) is 11.3. The van der Waals surface area contributed by atoms with Crippen molar-refractivity contribution in [2.45, 2.75) is 115 Å². The van der Waals surface area contributed by atoms with E-state index < -0.39 is 76.4 Å². The number of rotatable bonds is 3. The van der Waals surface area contributed by atoms with Gasteiger partial charge in [-0.1, -0.05) is 12.5 Å². The van der Waals surface area contributed by atoms with E-state index in [2.05, 4.69) is 0 Å². The Hall–Kier alpha value is -2.46. The number of ether oxygens (including phenoxy) is 6. The second-order valence-corrected chi connectivity index (χ2v) is 11.4. The van der Waals surface area contributed by atoms with Crippen LogP contribution in [0.5, 0.6) is 0 Å². The molecule has 5 aliphatic rings. The lowest BCUT2D eigenvalue weighted by molar-refractivity contribution is -0.212. The molecule has 0 radical (unpaired) electrons. The number of epoxide rings is 2. The Labute approximate surface area is 209 Å². The highest BCUT2D eigenvalue weighted by Crippen LogP contribution is 2.69. The fourth-order valence-electron chi connectivity index (χ4n) is 7.29. The Bertz CT molecular complexity index is 1070. The normalized spacial score (nSPS) is 48.5. The van der Waals surface area contributed by atoms with Gasteiger partial charge in [0.25, 0.3) is 0 Å².